The van der Waals surface area contributed by atoms with Crippen molar-refractivity contribution in [2.75, 3.05) is 46.3 Å². The highest BCUT2D eigenvalue weighted by molar-refractivity contribution is 14.0. The Balaban J connectivity index is 0.00000420. The van der Waals surface area contributed by atoms with Crippen molar-refractivity contribution in [1.82, 2.24) is 20.4 Å². The molecule has 0 unspecified atom stereocenters. The second kappa shape index (κ2) is 12.1. The van der Waals surface area contributed by atoms with Gasteiger partial charge in [-0.15, -0.1) is 37.1 Å². The Morgan fingerprint density at radius 1 is 1.17 bits per heavy atom. The zero-order chi connectivity index (χ0) is 20.6. The molecule has 2 N–H and O–H groups in total. The molecule has 0 atom stereocenters. The number of guanidine groups is 1. The van der Waals surface area contributed by atoms with E-state index in [-0.39, 0.29) is 42.2 Å². The average molecular weight is 529 g/mol. The molecule has 1 aromatic rings. The van der Waals surface area contributed by atoms with Gasteiger partial charge in [-0.2, -0.15) is 0 Å². The van der Waals surface area contributed by atoms with Crippen LogP contribution in [0.15, 0.2) is 29.3 Å². The number of hydrogen-bond acceptors (Lipinski definition) is 4. The van der Waals surface area contributed by atoms with Gasteiger partial charge in [0, 0.05) is 65.3 Å². The Kier molecular flexibility index (Phi) is 10.5. The van der Waals surface area contributed by atoms with Gasteiger partial charge in [0.25, 0.3) is 0 Å². The number of alkyl halides is 3. The summed E-state index contributed by atoms with van der Waals surface area (Å²) in [7, 11) is 1.60. The standard InChI is InChI=1S/C18H26F3N5O2.HI/c1-14(27)26-11-9-25(10-12-26)8-7-23-17(22-2)24-13-15-5-3-4-6-16(15)28-18(19,20)21;/h3-6H,7-13H2,1-2H3,(H2,22,23,24);1H. The maximum Gasteiger partial charge on any atom is 0.573 e. The second-order valence-corrected chi connectivity index (χ2v) is 6.36. The normalized spacial score (nSPS) is 15.5. The summed E-state index contributed by atoms with van der Waals surface area (Å²) in [6.07, 6.45) is -4.73. The quantitative estimate of drug-likeness (QED) is 0.336. The molecule has 1 fully saturated rings. The number of halogens is 4. The highest BCUT2D eigenvalue weighted by atomic mass is 127. The zero-order valence-corrected chi connectivity index (χ0v) is 18.8. The summed E-state index contributed by atoms with van der Waals surface area (Å²) in [5.41, 5.74) is 0.378. The molecule has 7 nitrogen and oxygen atoms in total. The van der Waals surface area contributed by atoms with Crippen LogP contribution in [0.5, 0.6) is 5.75 Å². The monoisotopic (exact) mass is 529 g/mol. The van der Waals surface area contributed by atoms with E-state index >= 15 is 0 Å². The molecular formula is C18H27F3IN5O2. The molecule has 0 aliphatic carbocycles. The van der Waals surface area contributed by atoms with E-state index in [1.165, 1.54) is 12.1 Å². The zero-order valence-electron chi connectivity index (χ0n) is 16.5. The highest BCUT2D eigenvalue weighted by Crippen LogP contribution is 2.25. The summed E-state index contributed by atoms with van der Waals surface area (Å²) in [5, 5.41) is 6.13. The van der Waals surface area contributed by atoms with Crippen LogP contribution in [0.2, 0.25) is 0 Å². The molecule has 1 amide bonds. The lowest BCUT2D eigenvalue weighted by Crippen LogP contribution is -2.50. The summed E-state index contributed by atoms with van der Waals surface area (Å²) >= 11 is 0. The molecule has 2 rings (SSSR count). The van der Waals surface area contributed by atoms with Crippen LogP contribution in [0.4, 0.5) is 13.2 Å². The first-order valence-corrected chi connectivity index (χ1v) is 9.04. The minimum atomic E-state index is -4.73. The predicted octanol–water partition coefficient (Wildman–Crippen LogP) is 2.03. The maximum atomic E-state index is 12.5. The number of aliphatic imine (C=N–C) groups is 1. The Labute approximate surface area is 185 Å². The lowest BCUT2D eigenvalue weighted by Gasteiger charge is -2.34. The molecule has 29 heavy (non-hydrogen) atoms. The van der Waals surface area contributed by atoms with E-state index in [0.29, 0.717) is 18.1 Å². The number of piperazine rings is 1. The first-order chi connectivity index (χ1) is 13.3. The number of ether oxygens (including phenoxy) is 1. The van der Waals surface area contributed by atoms with Gasteiger partial charge in [0.15, 0.2) is 5.96 Å². The molecule has 0 saturated carbocycles. The summed E-state index contributed by atoms with van der Waals surface area (Å²) in [4.78, 5) is 19.5. The Bertz CT molecular complexity index is 680. The van der Waals surface area contributed by atoms with Crippen molar-refractivity contribution >= 4 is 35.8 Å². The number of rotatable bonds is 6. The smallest absolute Gasteiger partial charge is 0.405 e. The van der Waals surface area contributed by atoms with Crippen LogP contribution in [-0.4, -0.2) is 74.3 Å². The Morgan fingerprint density at radius 3 is 2.41 bits per heavy atom. The van der Waals surface area contributed by atoms with E-state index < -0.39 is 6.36 Å². The number of hydrogen-bond donors (Lipinski definition) is 2. The van der Waals surface area contributed by atoms with E-state index in [4.69, 9.17) is 0 Å². The molecule has 1 aromatic carbocycles. The number of benzene rings is 1. The maximum absolute atomic E-state index is 12.5. The van der Waals surface area contributed by atoms with Crippen molar-refractivity contribution in [2.45, 2.75) is 19.8 Å². The Morgan fingerprint density at radius 2 is 1.83 bits per heavy atom. The third-order valence-corrected chi connectivity index (χ3v) is 4.41. The minimum absolute atomic E-state index is 0. The molecule has 0 radical (unpaired) electrons. The molecule has 1 saturated heterocycles. The topological polar surface area (TPSA) is 69.2 Å². The number of carbonyl (C=O) groups excluding carboxylic acids is 1. The fourth-order valence-corrected chi connectivity index (χ4v) is 2.89. The number of carbonyl (C=O) groups is 1. The van der Waals surface area contributed by atoms with Gasteiger partial charge >= 0.3 is 6.36 Å². The molecule has 0 spiro atoms. The van der Waals surface area contributed by atoms with Crippen molar-refractivity contribution in [3.05, 3.63) is 29.8 Å². The number of para-hydroxylation sites is 1. The lowest BCUT2D eigenvalue weighted by atomic mass is 10.2. The van der Waals surface area contributed by atoms with E-state index in [2.05, 4.69) is 25.3 Å². The third-order valence-electron chi connectivity index (χ3n) is 4.41. The van der Waals surface area contributed by atoms with Crippen molar-refractivity contribution in [3.63, 3.8) is 0 Å². The minimum Gasteiger partial charge on any atom is -0.405 e. The van der Waals surface area contributed by atoms with Crippen molar-refractivity contribution in [1.29, 1.82) is 0 Å². The van der Waals surface area contributed by atoms with Crippen LogP contribution in [0.1, 0.15) is 12.5 Å². The largest absolute Gasteiger partial charge is 0.573 e. The Hall–Kier alpha value is -1.76. The summed E-state index contributed by atoms with van der Waals surface area (Å²) < 4.78 is 41.5. The number of nitrogens with zero attached hydrogens (tertiary/aromatic N) is 3. The van der Waals surface area contributed by atoms with Crippen LogP contribution in [0.3, 0.4) is 0 Å². The number of amides is 1. The van der Waals surface area contributed by atoms with E-state index in [9.17, 15) is 18.0 Å². The summed E-state index contributed by atoms with van der Waals surface area (Å²) in [5.74, 6) is 0.350. The third kappa shape index (κ3) is 9.07. The van der Waals surface area contributed by atoms with Gasteiger partial charge in [-0.25, -0.2) is 0 Å². The first kappa shape index (κ1) is 25.3. The molecular weight excluding hydrogens is 502 g/mol. The van der Waals surface area contributed by atoms with Crippen LogP contribution in [-0.2, 0) is 11.3 Å². The van der Waals surface area contributed by atoms with Gasteiger partial charge in [0.2, 0.25) is 5.91 Å². The van der Waals surface area contributed by atoms with Crippen LogP contribution in [0, 0.1) is 0 Å². The fourth-order valence-electron chi connectivity index (χ4n) is 2.89. The molecule has 0 bridgehead atoms. The van der Waals surface area contributed by atoms with Crippen molar-refractivity contribution in [3.8, 4) is 5.75 Å². The number of nitrogens with one attached hydrogen (secondary N) is 2. The van der Waals surface area contributed by atoms with Gasteiger partial charge in [-0.05, 0) is 6.07 Å². The fraction of sp³-hybridized carbons (Fsp3) is 0.556. The molecule has 0 aromatic heterocycles. The van der Waals surface area contributed by atoms with Crippen LogP contribution < -0.4 is 15.4 Å². The molecule has 1 aliphatic rings. The van der Waals surface area contributed by atoms with E-state index in [0.717, 1.165) is 32.7 Å². The van der Waals surface area contributed by atoms with Gasteiger partial charge < -0.3 is 20.3 Å². The van der Waals surface area contributed by atoms with E-state index in [1.54, 1.807) is 26.1 Å². The van der Waals surface area contributed by atoms with Gasteiger partial charge in [-0.1, -0.05) is 18.2 Å². The summed E-state index contributed by atoms with van der Waals surface area (Å²) in [6, 6.07) is 5.98. The van der Waals surface area contributed by atoms with Crippen LogP contribution in [0.25, 0.3) is 0 Å². The van der Waals surface area contributed by atoms with Crippen LogP contribution >= 0.6 is 24.0 Å². The average Bonchev–Trinajstić information content (AvgIpc) is 2.64. The molecule has 164 valence electrons. The highest BCUT2D eigenvalue weighted by Gasteiger charge is 2.31. The van der Waals surface area contributed by atoms with Gasteiger partial charge in [0.1, 0.15) is 5.75 Å². The molecule has 11 heteroatoms. The second-order valence-electron chi connectivity index (χ2n) is 6.36. The van der Waals surface area contributed by atoms with E-state index in [1.807, 2.05) is 4.90 Å². The van der Waals surface area contributed by atoms with Crippen molar-refractivity contribution < 1.29 is 22.7 Å². The van der Waals surface area contributed by atoms with Crippen molar-refractivity contribution in [2.24, 2.45) is 4.99 Å². The molecule has 1 aliphatic heterocycles. The molecule has 1 heterocycles. The van der Waals surface area contributed by atoms with Gasteiger partial charge in [0.05, 0.1) is 0 Å². The van der Waals surface area contributed by atoms with Gasteiger partial charge in [-0.3, -0.25) is 14.7 Å². The summed E-state index contributed by atoms with van der Waals surface area (Å²) in [6.45, 7) is 6.19. The lowest BCUT2D eigenvalue weighted by molar-refractivity contribution is -0.274. The predicted molar refractivity (Wildman–Crippen MR) is 115 cm³/mol. The first-order valence-electron chi connectivity index (χ1n) is 9.04. The SMILES string of the molecule is CN=C(NCCN1CCN(C(C)=O)CC1)NCc1ccccc1OC(F)(F)F.I.